The maximum atomic E-state index is 13.3. The lowest BCUT2D eigenvalue weighted by molar-refractivity contribution is -0.138. The van der Waals surface area contributed by atoms with Crippen LogP contribution in [0.3, 0.4) is 0 Å². The average Bonchev–Trinajstić information content (AvgIpc) is 2.21. The van der Waals surface area contributed by atoms with Crippen LogP contribution in [-0.4, -0.2) is 23.0 Å². The van der Waals surface area contributed by atoms with E-state index in [1.165, 1.54) is 25.1 Å². The van der Waals surface area contributed by atoms with Crippen molar-refractivity contribution in [2.45, 2.75) is 19.9 Å². The van der Waals surface area contributed by atoms with Gasteiger partial charge in [-0.15, -0.1) is 0 Å². The lowest BCUT2D eigenvalue weighted by atomic mass is 10.1. The number of halogens is 1. The fourth-order valence-electron chi connectivity index (χ4n) is 1.15. The number of aryl methyl sites for hydroxylation is 1. The second-order valence-electron chi connectivity index (χ2n) is 3.52. The van der Waals surface area contributed by atoms with Crippen LogP contribution in [0.2, 0.25) is 0 Å². The summed E-state index contributed by atoms with van der Waals surface area (Å²) in [4.78, 5) is 22.0. The lowest BCUT2D eigenvalue weighted by Crippen LogP contribution is -2.38. The molecule has 5 heteroatoms. The molecule has 0 unspecified atom stereocenters. The summed E-state index contributed by atoms with van der Waals surface area (Å²) in [7, 11) is 0. The standard InChI is InChI=1S/C11H12FNO3/c1-6-3-4-9(12)8(5-6)10(14)13-7(2)11(15)16/h3-5,7H,1-2H3,(H,13,14)(H,15,16)/t7-/m1/s1. The van der Waals surface area contributed by atoms with E-state index < -0.39 is 23.7 Å². The van der Waals surface area contributed by atoms with Crippen LogP contribution in [0.4, 0.5) is 4.39 Å². The summed E-state index contributed by atoms with van der Waals surface area (Å²) in [6, 6.07) is 3.04. The Bertz CT molecular complexity index is 431. The molecular formula is C11H12FNO3. The summed E-state index contributed by atoms with van der Waals surface area (Å²) in [5, 5.41) is 10.8. The second kappa shape index (κ2) is 4.74. The van der Waals surface area contributed by atoms with E-state index in [1.54, 1.807) is 6.92 Å². The fourth-order valence-corrected chi connectivity index (χ4v) is 1.15. The zero-order valence-electron chi connectivity index (χ0n) is 8.95. The van der Waals surface area contributed by atoms with E-state index in [4.69, 9.17) is 5.11 Å². The minimum atomic E-state index is -1.17. The quantitative estimate of drug-likeness (QED) is 0.815. The van der Waals surface area contributed by atoms with Crippen molar-refractivity contribution in [2.24, 2.45) is 0 Å². The fraction of sp³-hybridized carbons (Fsp3) is 0.273. The molecule has 1 rings (SSSR count). The molecule has 1 aromatic rings. The number of nitrogens with one attached hydrogen (secondary N) is 1. The highest BCUT2D eigenvalue weighted by Crippen LogP contribution is 2.09. The molecule has 0 saturated heterocycles. The van der Waals surface area contributed by atoms with Gasteiger partial charge in [-0.05, 0) is 26.0 Å². The number of amides is 1. The van der Waals surface area contributed by atoms with Gasteiger partial charge in [0.05, 0.1) is 5.56 Å². The Labute approximate surface area is 92.1 Å². The van der Waals surface area contributed by atoms with Gasteiger partial charge < -0.3 is 10.4 Å². The minimum absolute atomic E-state index is 0.145. The molecule has 0 heterocycles. The third-order valence-corrected chi connectivity index (χ3v) is 2.08. The van der Waals surface area contributed by atoms with Gasteiger partial charge >= 0.3 is 5.97 Å². The smallest absolute Gasteiger partial charge is 0.325 e. The zero-order chi connectivity index (χ0) is 12.3. The van der Waals surface area contributed by atoms with E-state index in [1.807, 2.05) is 0 Å². The van der Waals surface area contributed by atoms with Gasteiger partial charge in [0.1, 0.15) is 11.9 Å². The third-order valence-electron chi connectivity index (χ3n) is 2.08. The van der Waals surface area contributed by atoms with Crippen molar-refractivity contribution < 1.29 is 19.1 Å². The molecule has 0 fully saturated rings. The van der Waals surface area contributed by atoms with Crippen LogP contribution in [0, 0.1) is 12.7 Å². The van der Waals surface area contributed by atoms with Crippen molar-refractivity contribution in [2.75, 3.05) is 0 Å². The summed E-state index contributed by atoms with van der Waals surface area (Å²) in [5.41, 5.74) is 0.586. The number of carboxylic acid groups (broad SMARTS) is 1. The van der Waals surface area contributed by atoms with Crippen molar-refractivity contribution in [1.82, 2.24) is 5.32 Å². The highest BCUT2D eigenvalue weighted by molar-refractivity contribution is 5.96. The normalized spacial score (nSPS) is 11.9. The second-order valence-corrected chi connectivity index (χ2v) is 3.52. The summed E-state index contributed by atoms with van der Waals surface area (Å²) >= 11 is 0. The Kier molecular flexibility index (Phi) is 3.60. The molecule has 2 N–H and O–H groups in total. The summed E-state index contributed by atoms with van der Waals surface area (Å²) in [6.45, 7) is 3.03. The molecule has 0 aliphatic carbocycles. The molecule has 4 nitrogen and oxygen atoms in total. The van der Waals surface area contributed by atoms with Crippen LogP contribution in [-0.2, 0) is 4.79 Å². The van der Waals surface area contributed by atoms with Crippen molar-refractivity contribution in [1.29, 1.82) is 0 Å². The molecule has 0 bridgehead atoms. The van der Waals surface area contributed by atoms with E-state index in [9.17, 15) is 14.0 Å². The lowest BCUT2D eigenvalue weighted by Gasteiger charge is -2.10. The van der Waals surface area contributed by atoms with Crippen molar-refractivity contribution in [3.8, 4) is 0 Å². The molecule has 0 aliphatic heterocycles. The third kappa shape index (κ3) is 2.79. The van der Waals surface area contributed by atoms with Gasteiger partial charge in [-0.2, -0.15) is 0 Å². The molecule has 0 aromatic heterocycles. The predicted molar refractivity (Wildman–Crippen MR) is 55.7 cm³/mol. The highest BCUT2D eigenvalue weighted by atomic mass is 19.1. The van der Waals surface area contributed by atoms with Gasteiger partial charge in [0, 0.05) is 0 Å². The number of rotatable bonds is 3. The zero-order valence-corrected chi connectivity index (χ0v) is 8.95. The van der Waals surface area contributed by atoms with Crippen LogP contribution < -0.4 is 5.32 Å². The van der Waals surface area contributed by atoms with Gasteiger partial charge in [0.2, 0.25) is 0 Å². The van der Waals surface area contributed by atoms with Crippen molar-refractivity contribution in [3.63, 3.8) is 0 Å². The maximum Gasteiger partial charge on any atom is 0.325 e. The number of carbonyl (C=O) groups is 2. The average molecular weight is 225 g/mol. The van der Waals surface area contributed by atoms with Crippen molar-refractivity contribution >= 4 is 11.9 Å². The molecule has 16 heavy (non-hydrogen) atoms. The number of benzene rings is 1. The maximum absolute atomic E-state index is 13.3. The van der Waals surface area contributed by atoms with Crippen molar-refractivity contribution in [3.05, 3.63) is 35.1 Å². The SMILES string of the molecule is Cc1ccc(F)c(C(=O)N[C@H](C)C(=O)O)c1. The number of carbonyl (C=O) groups excluding carboxylic acids is 1. The summed E-state index contributed by atoms with van der Waals surface area (Å²) in [6.07, 6.45) is 0. The Hall–Kier alpha value is -1.91. The summed E-state index contributed by atoms with van der Waals surface area (Å²) < 4.78 is 13.3. The van der Waals surface area contributed by atoms with Gasteiger partial charge in [0.15, 0.2) is 0 Å². The van der Waals surface area contributed by atoms with Gasteiger partial charge in [-0.1, -0.05) is 11.6 Å². The molecule has 1 atom stereocenters. The van der Waals surface area contributed by atoms with Crippen LogP contribution in [0.15, 0.2) is 18.2 Å². The van der Waals surface area contributed by atoms with Gasteiger partial charge in [-0.3, -0.25) is 9.59 Å². The molecule has 0 radical (unpaired) electrons. The topological polar surface area (TPSA) is 66.4 Å². The molecule has 86 valence electrons. The van der Waals surface area contributed by atoms with Gasteiger partial charge in [0.25, 0.3) is 5.91 Å². The van der Waals surface area contributed by atoms with E-state index in [0.29, 0.717) is 0 Å². The Balaban J connectivity index is 2.88. The van der Waals surface area contributed by atoms with Crippen LogP contribution in [0.1, 0.15) is 22.8 Å². The molecule has 0 spiro atoms. The minimum Gasteiger partial charge on any atom is -0.480 e. The molecule has 0 saturated carbocycles. The Morgan fingerprint density at radius 1 is 1.44 bits per heavy atom. The number of hydrogen-bond acceptors (Lipinski definition) is 2. The first-order chi connectivity index (χ1) is 7.41. The number of aliphatic carboxylic acids is 1. The molecule has 1 aromatic carbocycles. The van der Waals surface area contributed by atoms with Crippen LogP contribution >= 0.6 is 0 Å². The van der Waals surface area contributed by atoms with E-state index in [0.717, 1.165) is 5.56 Å². The Morgan fingerprint density at radius 3 is 2.62 bits per heavy atom. The first-order valence-corrected chi connectivity index (χ1v) is 4.71. The summed E-state index contributed by atoms with van der Waals surface area (Å²) in [5.74, 6) is -2.56. The van der Waals surface area contributed by atoms with Crippen LogP contribution in [0.25, 0.3) is 0 Å². The molecular weight excluding hydrogens is 213 g/mol. The predicted octanol–water partition coefficient (Wildman–Crippen LogP) is 1.34. The highest BCUT2D eigenvalue weighted by Gasteiger charge is 2.17. The van der Waals surface area contributed by atoms with E-state index >= 15 is 0 Å². The van der Waals surface area contributed by atoms with Crippen LogP contribution in [0.5, 0.6) is 0 Å². The first-order valence-electron chi connectivity index (χ1n) is 4.71. The first kappa shape index (κ1) is 12.2. The monoisotopic (exact) mass is 225 g/mol. The van der Waals surface area contributed by atoms with E-state index in [2.05, 4.69) is 5.32 Å². The number of carboxylic acids is 1. The number of hydrogen-bond donors (Lipinski definition) is 2. The Morgan fingerprint density at radius 2 is 2.06 bits per heavy atom. The largest absolute Gasteiger partial charge is 0.480 e. The molecule has 0 aliphatic rings. The van der Waals surface area contributed by atoms with Gasteiger partial charge in [-0.25, -0.2) is 4.39 Å². The molecule has 1 amide bonds. The van der Waals surface area contributed by atoms with E-state index in [-0.39, 0.29) is 5.56 Å².